The molecule has 0 radical (unpaired) electrons. The normalized spacial score (nSPS) is 10.5. The van der Waals surface area contributed by atoms with Crippen LogP contribution in [0.5, 0.6) is 11.5 Å². The van der Waals surface area contributed by atoms with E-state index in [9.17, 15) is 4.79 Å². The van der Waals surface area contributed by atoms with Gasteiger partial charge >= 0.3 is 0 Å². The number of anilines is 1. The molecule has 0 aliphatic rings. The molecule has 5 nitrogen and oxygen atoms in total. The van der Waals surface area contributed by atoms with Gasteiger partial charge in [-0.1, -0.05) is 6.07 Å². The number of nitrogens with one attached hydrogen (secondary N) is 1. The molecule has 0 unspecified atom stereocenters. The summed E-state index contributed by atoms with van der Waals surface area (Å²) >= 11 is 3.29. The molecule has 2 aromatic rings. The van der Waals surface area contributed by atoms with Crippen molar-refractivity contribution in [1.29, 1.82) is 0 Å². The molecule has 2 rings (SSSR count). The van der Waals surface area contributed by atoms with Crippen LogP contribution < -0.4 is 14.8 Å². The highest BCUT2D eigenvalue weighted by molar-refractivity contribution is 9.10. The molecule has 0 atom stereocenters. The summed E-state index contributed by atoms with van der Waals surface area (Å²) in [5.41, 5.74) is 0.830. The highest BCUT2D eigenvalue weighted by Gasteiger charge is 2.03. The van der Waals surface area contributed by atoms with Crippen LogP contribution in [-0.4, -0.2) is 25.1 Å². The largest absolute Gasteiger partial charge is 0.493 e. The molecule has 0 fully saturated rings. The maximum absolute atomic E-state index is 11.8. The third-order valence-electron chi connectivity index (χ3n) is 2.81. The molecule has 1 amide bonds. The molecule has 0 spiro atoms. The van der Waals surface area contributed by atoms with E-state index < -0.39 is 0 Å². The SMILES string of the molecule is COc1ccc(/C=C/C(=O)Nc2ccc(Br)cn2)cc1OC. The third-order valence-corrected chi connectivity index (χ3v) is 3.28. The van der Waals surface area contributed by atoms with Crippen LogP contribution in [0.1, 0.15) is 5.56 Å². The van der Waals surface area contributed by atoms with E-state index in [1.165, 1.54) is 6.08 Å². The molecule has 1 aromatic carbocycles. The Bertz CT molecular complexity index is 684. The molecule has 1 N–H and O–H groups in total. The van der Waals surface area contributed by atoms with Gasteiger partial charge in [0.1, 0.15) is 5.82 Å². The molecule has 114 valence electrons. The van der Waals surface area contributed by atoms with Crippen molar-refractivity contribution < 1.29 is 14.3 Å². The number of carbonyl (C=O) groups is 1. The summed E-state index contributed by atoms with van der Waals surface area (Å²) in [4.78, 5) is 15.9. The molecule has 6 heteroatoms. The number of benzene rings is 1. The van der Waals surface area contributed by atoms with Crippen molar-refractivity contribution >= 4 is 33.7 Å². The second-order valence-corrected chi connectivity index (χ2v) is 5.21. The summed E-state index contributed by atoms with van der Waals surface area (Å²) in [5.74, 6) is 1.48. The number of halogens is 1. The first-order valence-electron chi connectivity index (χ1n) is 6.45. The minimum absolute atomic E-state index is 0.260. The second-order valence-electron chi connectivity index (χ2n) is 4.30. The second kappa shape index (κ2) is 7.61. The zero-order valence-electron chi connectivity index (χ0n) is 12.2. The topological polar surface area (TPSA) is 60.5 Å². The summed E-state index contributed by atoms with van der Waals surface area (Å²) in [6.45, 7) is 0. The summed E-state index contributed by atoms with van der Waals surface area (Å²) in [6, 6.07) is 8.93. The smallest absolute Gasteiger partial charge is 0.249 e. The van der Waals surface area contributed by atoms with E-state index in [-0.39, 0.29) is 5.91 Å². The van der Waals surface area contributed by atoms with Crippen LogP contribution in [0.4, 0.5) is 5.82 Å². The predicted molar refractivity (Wildman–Crippen MR) is 89.1 cm³/mol. The summed E-state index contributed by atoms with van der Waals surface area (Å²) < 4.78 is 11.2. The van der Waals surface area contributed by atoms with Crippen LogP contribution in [0.25, 0.3) is 6.08 Å². The number of carbonyl (C=O) groups excluding carboxylic acids is 1. The molecule has 22 heavy (non-hydrogen) atoms. The minimum atomic E-state index is -0.260. The predicted octanol–water partition coefficient (Wildman–Crippen LogP) is 3.51. The first kappa shape index (κ1) is 16.0. The van der Waals surface area contributed by atoms with Crippen LogP contribution in [0.3, 0.4) is 0 Å². The van der Waals surface area contributed by atoms with Gasteiger partial charge in [0.25, 0.3) is 0 Å². The van der Waals surface area contributed by atoms with Crippen LogP contribution in [-0.2, 0) is 4.79 Å². The lowest BCUT2D eigenvalue weighted by atomic mass is 10.2. The number of hydrogen-bond donors (Lipinski definition) is 1. The van der Waals surface area contributed by atoms with E-state index in [0.717, 1.165) is 10.0 Å². The molecule has 0 saturated heterocycles. The fraction of sp³-hybridized carbons (Fsp3) is 0.125. The molecule has 1 aromatic heterocycles. The van der Waals surface area contributed by atoms with Crippen molar-refractivity contribution in [2.24, 2.45) is 0 Å². The average molecular weight is 363 g/mol. The number of rotatable bonds is 5. The number of ether oxygens (including phenoxy) is 2. The Morgan fingerprint density at radius 3 is 2.59 bits per heavy atom. The third kappa shape index (κ3) is 4.33. The maximum atomic E-state index is 11.8. The maximum Gasteiger partial charge on any atom is 0.249 e. The van der Waals surface area contributed by atoms with E-state index in [2.05, 4.69) is 26.2 Å². The quantitative estimate of drug-likeness (QED) is 0.826. The zero-order valence-corrected chi connectivity index (χ0v) is 13.8. The van der Waals surface area contributed by atoms with Gasteiger partial charge in [-0.2, -0.15) is 0 Å². The fourth-order valence-corrected chi connectivity index (χ4v) is 1.98. The lowest BCUT2D eigenvalue weighted by Crippen LogP contribution is -2.08. The molecular weight excluding hydrogens is 348 g/mol. The molecule has 0 aliphatic heterocycles. The molecular formula is C16H15BrN2O3. The molecule has 0 saturated carbocycles. The van der Waals surface area contributed by atoms with Crippen LogP contribution in [0, 0.1) is 0 Å². The van der Waals surface area contributed by atoms with E-state index in [4.69, 9.17) is 9.47 Å². The van der Waals surface area contributed by atoms with Gasteiger partial charge in [0, 0.05) is 16.7 Å². The Morgan fingerprint density at radius 2 is 1.95 bits per heavy atom. The molecule has 0 aliphatic carbocycles. The van der Waals surface area contributed by atoms with Crippen molar-refractivity contribution in [1.82, 2.24) is 4.98 Å². The van der Waals surface area contributed by atoms with Gasteiger partial charge in [-0.25, -0.2) is 4.98 Å². The van der Waals surface area contributed by atoms with E-state index in [0.29, 0.717) is 17.3 Å². The van der Waals surface area contributed by atoms with Gasteiger partial charge in [-0.3, -0.25) is 4.79 Å². The number of methoxy groups -OCH3 is 2. The van der Waals surface area contributed by atoms with Crippen LogP contribution in [0.15, 0.2) is 47.1 Å². The molecule has 1 heterocycles. The Morgan fingerprint density at radius 1 is 1.18 bits per heavy atom. The van der Waals surface area contributed by atoms with E-state index in [1.807, 2.05) is 6.07 Å². The van der Waals surface area contributed by atoms with Gasteiger partial charge in [-0.15, -0.1) is 0 Å². The van der Waals surface area contributed by atoms with Gasteiger partial charge < -0.3 is 14.8 Å². The zero-order chi connectivity index (χ0) is 15.9. The average Bonchev–Trinajstić information content (AvgIpc) is 2.54. The van der Waals surface area contributed by atoms with Crippen molar-refractivity contribution in [2.45, 2.75) is 0 Å². The Hall–Kier alpha value is -2.34. The Balaban J connectivity index is 2.04. The van der Waals surface area contributed by atoms with Gasteiger partial charge in [0.15, 0.2) is 11.5 Å². The highest BCUT2D eigenvalue weighted by atomic mass is 79.9. The van der Waals surface area contributed by atoms with Crippen molar-refractivity contribution in [3.63, 3.8) is 0 Å². The minimum Gasteiger partial charge on any atom is -0.493 e. The van der Waals surface area contributed by atoms with Crippen molar-refractivity contribution in [3.8, 4) is 11.5 Å². The van der Waals surface area contributed by atoms with Gasteiger partial charge in [-0.05, 0) is 51.8 Å². The lowest BCUT2D eigenvalue weighted by Gasteiger charge is -2.07. The number of nitrogens with zero attached hydrogens (tertiary/aromatic N) is 1. The first-order chi connectivity index (χ1) is 10.6. The summed E-state index contributed by atoms with van der Waals surface area (Å²) in [6.07, 6.45) is 4.74. The van der Waals surface area contributed by atoms with Gasteiger partial charge in [0.2, 0.25) is 5.91 Å². The summed E-state index contributed by atoms with van der Waals surface area (Å²) in [7, 11) is 3.14. The van der Waals surface area contributed by atoms with Crippen LogP contribution in [0.2, 0.25) is 0 Å². The Labute approximate surface area is 137 Å². The Kier molecular flexibility index (Phi) is 5.55. The molecule has 0 bridgehead atoms. The fourth-order valence-electron chi connectivity index (χ4n) is 1.75. The number of amides is 1. The van der Waals surface area contributed by atoms with Crippen LogP contribution >= 0.6 is 15.9 Å². The van der Waals surface area contributed by atoms with Gasteiger partial charge in [0.05, 0.1) is 14.2 Å². The number of aromatic nitrogens is 1. The van der Waals surface area contributed by atoms with Crippen molar-refractivity contribution in [2.75, 3.05) is 19.5 Å². The number of pyridine rings is 1. The monoisotopic (exact) mass is 362 g/mol. The van der Waals surface area contributed by atoms with Crippen molar-refractivity contribution in [3.05, 3.63) is 52.6 Å². The first-order valence-corrected chi connectivity index (χ1v) is 7.24. The summed E-state index contributed by atoms with van der Waals surface area (Å²) in [5, 5.41) is 2.68. The standard InChI is InChI=1S/C16H15BrN2O3/c1-21-13-6-3-11(9-14(13)22-2)4-8-16(20)19-15-7-5-12(17)10-18-15/h3-10H,1-2H3,(H,18,19,20)/b8-4+. The lowest BCUT2D eigenvalue weighted by molar-refractivity contribution is -0.111. The highest BCUT2D eigenvalue weighted by Crippen LogP contribution is 2.27. The van der Waals surface area contributed by atoms with E-state index in [1.54, 1.807) is 50.8 Å². The van der Waals surface area contributed by atoms with E-state index >= 15 is 0 Å². The number of hydrogen-bond acceptors (Lipinski definition) is 4.